The molecule has 0 aliphatic rings. The Bertz CT molecular complexity index is 303. The fourth-order valence-corrected chi connectivity index (χ4v) is 3.68. The summed E-state index contributed by atoms with van der Waals surface area (Å²) in [7, 11) is 0. The van der Waals surface area contributed by atoms with E-state index in [0.29, 0.717) is 0 Å². The molecule has 84 valence electrons. The minimum Gasteiger partial charge on any atom is -0.491 e. The Kier molecular flexibility index (Phi) is 6.24. The van der Waals surface area contributed by atoms with Gasteiger partial charge in [0.05, 0.1) is 15.6 Å². The summed E-state index contributed by atoms with van der Waals surface area (Å²) in [6.45, 7) is 2.96. The molecule has 0 bridgehead atoms. The monoisotopic (exact) mass is 398 g/mol. The van der Waals surface area contributed by atoms with Crippen LogP contribution in [0.3, 0.4) is 0 Å². The molecule has 1 aromatic carbocycles. The van der Waals surface area contributed by atoms with E-state index in [1.807, 2.05) is 12.1 Å². The van der Waals surface area contributed by atoms with Crippen molar-refractivity contribution in [3.8, 4) is 5.75 Å². The van der Waals surface area contributed by atoms with E-state index in [1.54, 1.807) is 0 Å². The third-order valence-corrected chi connectivity index (χ3v) is 3.59. The lowest BCUT2D eigenvalue weighted by Crippen LogP contribution is -1.98. The second kappa shape index (κ2) is 6.92. The van der Waals surface area contributed by atoms with Crippen LogP contribution >= 0.6 is 47.8 Å². The molecule has 15 heavy (non-hydrogen) atoms. The van der Waals surface area contributed by atoms with Crippen LogP contribution < -0.4 is 4.74 Å². The summed E-state index contributed by atoms with van der Waals surface area (Å²) in [5, 5.41) is 0. The highest BCUT2D eigenvalue weighted by Gasteiger charge is 2.07. The van der Waals surface area contributed by atoms with Crippen molar-refractivity contribution < 1.29 is 4.74 Å². The molecule has 0 heterocycles. The number of unbranched alkanes of at least 4 members (excludes halogenated alkanes) is 2. The molecule has 0 fully saturated rings. The first-order chi connectivity index (χ1) is 7.15. The van der Waals surface area contributed by atoms with Crippen LogP contribution in [0.1, 0.15) is 26.2 Å². The molecule has 0 unspecified atom stereocenters. The predicted molar refractivity (Wildman–Crippen MR) is 74.6 cm³/mol. The molecular weight excluding hydrogens is 388 g/mol. The Morgan fingerprint density at radius 3 is 2.20 bits per heavy atom. The number of benzene rings is 1. The lowest BCUT2D eigenvalue weighted by Gasteiger charge is -2.10. The third kappa shape index (κ3) is 4.45. The molecule has 0 aromatic heterocycles. The van der Waals surface area contributed by atoms with Crippen molar-refractivity contribution in [1.82, 2.24) is 0 Å². The van der Waals surface area contributed by atoms with E-state index in [4.69, 9.17) is 4.74 Å². The van der Waals surface area contributed by atoms with E-state index in [-0.39, 0.29) is 0 Å². The summed E-state index contributed by atoms with van der Waals surface area (Å²) in [6.07, 6.45) is 3.53. The molecule has 0 aliphatic carbocycles. The Morgan fingerprint density at radius 2 is 1.67 bits per heavy atom. The summed E-state index contributed by atoms with van der Waals surface area (Å²) in [5.41, 5.74) is 0. The van der Waals surface area contributed by atoms with Crippen molar-refractivity contribution in [2.45, 2.75) is 26.2 Å². The fraction of sp³-hybridized carbons (Fsp3) is 0.455. The third-order valence-electron chi connectivity index (χ3n) is 1.96. The first-order valence-corrected chi connectivity index (χ1v) is 7.30. The fourth-order valence-electron chi connectivity index (χ4n) is 1.19. The van der Waals surface area contributed by atoms with Crippen LogP contribution in [0, 0.1) is 0 Å². The molecule has 0 atom stereocenters. The number of ether oxygens (including phenoxy) is 1. The number of hydrogen-bond acceptors (Lipinski definition) is 1. The lowest BCUT2D eigenvalue weighted by molar-refractivity contribution is 0.302. The molecule has 4 heteroatoms. The van der Waals surface area contributed by atoms with Crippen LogP contribution in [0.25, 0.3) is 0 Å². The standard InChI is InChI=1S/C11H13Br3O/c1-2-3-4-5-15-11-9(13)6-8(12)7-10(11)14/h6-7H,2-5H2,1H3. The van der Waals surface area contributed by atoms with E-state index < -0.39 is 0 Å². The van der Waals surface area contributed by atoms with Crippen molar-refractivity contribution in [3.63, 3.8) is 0 Å². The lowest BCUT2D eigenvalue weighted by atomic mass is 10.3. The molecule has 0 radical (unpaired) electrons. The van der Waals surface area contributed by atoms with Crippen molar-refractivity contribution in [1.29, 1.82) is 0 Å². The maximum Gasteiger partial charge on any atom is 0.147 e. The first kappa shape index (κ1) is 13.5. The zero-order chi connectivity index (χ0) is 11.3. The second-order valence-electron chi connectivity index (χ2n) is 3.25. The van der Waals surface area contributed by atoms with Crippen molar-refractivity contribution in [2.75, 3.05) is 6.61 Å². The van der Waals surface area contributed by atoms with Gasteiger partial charge in [0.25, 0.3) is 0 Å². The highest BCUT2D eigenvalue weighted by atomic mass is 79.9. The van der Waals surface area contributed by atoms with Crippen molar-refractivity contribution >= 4 is 47.8 Å². The average molecular weight is 401 g/mol. The van der Waals surface area contributed by atoms with Gasteiger partial charge in [-0.1, -0.05) is 35.7 Å². The van der Waals surface area contributed by atoms with Crippen LogP contribution in [0.5, 0.6) is 5.75 Å². The molecular formula is C11H13Br3O. The topological polar surface area (TPSA) is 9.23 Å². The van der Waals surface area contributed by atoms with Gasteiger partial charge in [-0.15, -0.1) is 0 Å². The zero-order valence-electron chi connectivity index (χ0n) is 8.53. The van der Waals surface area contributed by atoms with Gasteiger partial charge in [-0.05, 0) is 50.4 Å². The summed E-state index contributed by atoms with van der Waals surface area (Å²) in [4.78, 5) is 0. The molecule has 0 saturated carbocycles. The second-order valence-corrected chi connectivity index (χ2v) is 5.88. The highest BCUT2D eigenvalue weighted by Crippen LogP contribution is 2.36. The minimum atomic E-state index is 0.771. The summed E-state index contributed by atoms with van der Waals surface area (Å²) < 4.78 is 8.68. The minimum absolute atomic E-state index is 0.771. The molecule has 1 nitrogen and oxygen atoms in total. The molecule has 0 aliphatic heterocycles. The van der Waals surface area contributed by atoms with Crippen LogP contribution in [0.15, 0.2) is 25.6 Å². The van der Waals surface area contributed by atoms with Gasteiger partial charge in [0.2, 0.25) is 0 Å². The summed E-state index contributed by atoms with van der Waals surface area (Å²) in [6, 6.07) is 3.97. The molecule has 0 spiro atoms. The normalized spacial score (nSPS) is 10.4. The Hall–Kier alpha value is 0.460. The van der Waals surface area contributed by atoms with E-state index in [1.165, 1.54) is 12.8 Å². The molecule has 0 saturated heterocycles. The molecule has 0 N–H and O–H groups in total. The smallest absolute Gasteiger partial charge is 0.147 e. The molecule has 1 rings (SSSR count). The van der Waals surface area contributed by atoms with Gasteiger partial charge >= 0.3 is 0 Å². The van der Waals surface area contributed by atoms with Crippen molar-refractivity contribution in [3.05, 3.63) is 25.6 Å². The van der Waals surface area contributed by atoms with Gasteiger partial charge in [0.15, 0.2) is 0 Å². The SMILES string of the molecule is CCCCCOc1c(Br)cc(Br)cc1Br. The summed E-state index contributed by atoms with van der Waals surface area (Å²) >= 11 is 10.4. The van der Waals surface area contributed by atoms with Crippen LogP contribution in [0.4, 0.5) is 0 Å². The van der Waals surface area contributed by atoms with E-state index in [0.717, 1.165) is 32.2 Å². The van der Waals surface area contributed by atoms with Crippen LogP contribution in [-0.2, 0) is 0 Å². The Balaban J connectivity index is 2.60. The van der Waals surface area contributed by atoms with E-state index in [9.17, 15) is 0 Å². The maximum atomic E-state index is 5.71. The van der Waals surface area contributed by atoms with E-state index >= 15 is 0 Å². The zero-order valence-corrected chi connectivity index (χ0v) is 13.3. The quantitative estimate of drug-likeness (QED) is 0.589. The largest absolute Gasteiger partial charge is 0.491 e. The van der Waals surface area contributed by atoms with Gasteiger partial charge in [0, 0.05) is 4.47 Å². The van der Waals surface area contributed by atoms with Gasteiger partial charge < -0.3 is 4.74 Å². The van der Waals surface area contributed by atoms with Gasteiger partial charge in [-0.25, -0.2) is 0 Å². The summed E-state index contributed by atoms with van der Waals surface area (Å²) in [5.74, 6) is 0.884. The van der Waals surface area contributed by atoms with Gasteiger partial charge in [-0.3, -0.25) is 0 Å². The van der Waals surface area contributed by atoms with Crippen LogP contribution in [-0.4, -0.2) is 6.61 Å². The van der Waals surface area contributed by atoms with Crippen LogP contribution in [0.2, 0.25) is 0 Å². The number of hydrogen-bond donors (Lipinski definition) is 0. The highest BCUT2D eigenvalue weighted by molar-refractivity contribution is 9.11. The Labute approximate surface area is 116 Å². The molecule has 0 amide bonds. The number of halogens is 3. The Morgan fingerprint density at radius 1 is 1.07 bits per heavy atom. The first-order valence-electron chi connectivity index (χ1n) is 4.92. The van der Waals surface area contributed by atoms with Crippen molar-refractivity contribution in [2.24, 2.45) is 0 Å². The molecule has 1 aromatic rings. The predicted octanol–water partition coefficient (Wildman–Crippen LogP) is 5.54. The number of rotatable bonds is 5. The maximum absolute atomic E-state index is 5.71. The van der Waals surface area contributed by atoms with Gasteiger partial charge in [0.1, 0.15) is 5.75 Å². The van der Waals surface area contributed by atoms with Gasteiger partial charge in [-0.2, -0.15) is 0 Å². The van der Waals surface area contributed by atoms with E-state index in [2.05, 4.69) is 54.7 Å². The average Bonchev–Trinajstić information content (AvgIpc) is 2.15.